The Morgan fingerprint density at radius 3 is 2.39 bits per heavy atom. The van der Waals surface area contributed by atoms with E-state index in [0.29, 0.717) is 18.4 Å². The number of anilines is 1. The van der Waals surface area contributed by atoms with Crippen LogP contribution in [0.1, 0.15) is 54.4 Å². The SMILES string of the molecule is CCC(CC)(C1=N[C@@H](C(C)C)CO1)C1=N[C@@H](C(C)C)CN1c1cnc2ccccc2c1. The van der Waals surface area contributed by atoms with E-state index in [1.807, 2.05) is 12.3 Å². The standard InChI is InChI=1S/C26H36N4O/c1-7-26(8-2,25-29-23(16-31-25)18(5)6)24-28-22(17(3)4)15-30(24)20-13-19-11-9-10-12-21(19)27-14-20/h9-14,17-18,22-23H,7-8,15-16H2,1-6H3/t22-,23-/m1/s1. The quantitative estimate of drug-likeness (QED) is 0.574. The van der Waals surface area contributed by atoms with E-state index >= 15 is 0 Å². The van der Waals surface area contributed by atoms with Crippen LogP contribution in [0.15, 0.2) is 46.5 Å². The van der Waals surface area contributed by atoms with Crippen molar-refractivity contribution in [3.63, 3.8) is 0 Å². The molecule has 2 aliphatic rings. The molecule has 2 atom stereocenters. The van der Waals surface area contributed by atoms with Crippen LogP contribution < -0.4 is 4.90 Å². The maximum Gasteiger partial charge on any atom is 0.197 e. The molecule has 31 heavy (non-hydrogen) atoms. The minimum atomic E-state index is -0.307. The number of amidine groups is 1. The number of hydrogen-bond donors (Lipinski definition) is 0. The van der Waals surface area contributed by atoms with Crippen molar-refractivity contribution in [3.05, 3.63) is 36.5 Å². The van der Waals surface area contributed by atoms with Crippen LogP contribution in [-0.2, 0) is 4.74 Å². The van der Waals surface area contributed by atoms with Crippen LogP contribution in [0.3, 0.4) is 0 Å². The summed E-state index contributed by atoms with van der Waals surface area (Å²) in [5, 5.41) is 1.15. The average Bonchev–Trinajstić information content (AvgIpc) is 3.44. The number of fused-ring (bicyclic) bond motifs is 1. The summed E-state index contributed by atoms with van der Waals surface area (Å²) >= 11 is 0. The number of aromatic nitrogens is 1. The first kappa shape index (κ1) is 21.8. The van der Waals surface area contributed by atoms with Crippen LogP contribution in [0.25, 0.3) is 10.9 Å². The van der Waals surface area contributed by atoms with Crippen molar-refractivity contribution >= 4 is 28.3 Å². The largest absolute Gasteiger partial charge is 0.478 e. The molecule has 2 aromatic rings. The van der Waals surface area contributed by atoms with Gasteiger partial charge in [-0.25, -0.2) is 4.99 Å². The van der Waals surface area contributed by atoms with Crippen molar-refractivity contribution in [2.24, 2.45) is 27.2 Å². The molecule has 0 aliphatic carbocycles. The first-order chi connectivity index (χ1) is 14.9. The molecular formula is C26H36N4O. The third kappa shape index (κ3) is 3.83. The second kappa shape index (κ2) is 8.60. The molecule has 0 saturated heterocycles. The molecular weight excluding hydrogens is 384 g/mol. The molecule has 0 bridgehead atoms. The van der Waals surface area contributed by atoms with Gasteiger partial charge in [0.15, 0.2) is 5.90 Å². The highest BCUT2D eigenvalue weighted by molar-refractivity contribution is 6.16. The molecule has 0 fully saturated rings. The fourth-order valence-corrected chi connectivity index (χ4v) is 4.67. The molecule has 5 nitrogen and oxygen atoms in total. The second-order valence-electron chi connectivity index (χ2n) is 9.61. The molecule has 5 heteroatoms. The number of rotatable bonds is 7. The van der Waals surface area contributed by atoms with Gasteiger partial charge in [0.2, 0.25) is 0 Å². The van der Waals surface area contributed by atoms with Gasteiger partial charge in [-0.1, -0.05) is 59.7 Å². The Morgan fingerprint density at radius 1 is 1.03 bits per heavy atom. The average molecular weight is 421 g/mol. The minimum absolute atomic E-state index is 0.228. The first-order valence-electron chi connectivity index (χ1n) is 11.8. The molecule has 1 aromatic carbocycles. The molecule has 3 heterocycles. The Balaban J connectivity index is 1.80. The number of hydrogen-bond acceptors (Lipinski definition) is 5. The monoisotopic (exact) mass is 420 g/mol. The fraction of sp³-hybridized carbons (Fsp3) is 0.577. The van der Waals surface area contributed by atoms with Gasteiger partial charge in [0.1, 0.15) is 17.9 Å². The van der Waals surface area contributed by atoms with E-state index < -0.39 is 0 Å². The molecule has 0 spiro atoms. The number of pyridine rings is 1. The predicted octanol–water partition coefficient (Wildman–Crippen LogP) is 5.74. The molecule has 0 radical (unpaired) electrons. The van der Waals surface area contributed by atoms with Gasteiger partial charge in [0.25, 0.3) is 0 Å². The van der Waals surface area contributed by atoms with Crippen LogP contribution in [-0.4, -0.2) is 42.0 Å². The fourth-order valence-electron chi connectivity index (χ4n) is 4.67. The highest BCUT2D eigenvalue weighted by Crippen LogP contribution is 2.40. The van der Waals surface area contributed by atoms with Gasteiger partial charge in [-0.2, -0.15) is 0 Å². The van der Waals surface area contributed by atoms with Crippen LogP contribution in [0.2, 0.25) is 0 Å². The van der Waals surface area contributed by atoms with Gasteiger partial charge >= 0.3 is 0 Å². The van der Waals surface area contributed by atoms with Gasteiger partial charge in [-0.3, -0.25) is 9.98 Å². The summed E-state index contributed by atoms with van der Waals surface area (Å²) in [6.45, 7) is 15.0. The number of benzene rings is 1. The van der Waals surface area contributed by atoms with E-state index in [4.69, 9.17) is 19.7 Å². The number of ether oxygens (including phenoxy) is 1. The van der Waals surface area contributed by atoms with E-state index in [2.05, 4.69) is 70.7 Å². The number of nitrogens with zero attached hydrogens (tertiary/aromatic N) is 4. The van der Waals surface area contributed by atoms with E-state index in [0.717, 1.165) is 47.7 Å². The third-order valence-corrected chi connectivity index (χ3v) is 7.06. The summed E-state index contributed by atoms with van der Waals surface area (Å²) in [5.74, 6) is 2.91. The van der Waals surface area contributed by atoms with Gasteiger partial charge in [0.05, 0.1) is 29.5 Å². The molecule has 0 amide bonds. The van der Waals surface area contributed by atoms with Crippen molar-refractivity contribution < 1.29 is 4.74 Å². The summed E-state index contributed by atoms with van der Waals surface area (Å²) < 4.78 is 6.26. The minimum Gasteiger partial charge on any atom is -0.478 e. The molecule has 0 N–H and O–H groups in total. The third-order valence-electron chi connectivity index (χ3n) is 7.06. The second-order valence-corrected chi connectivity index (χ2v) is 9.61. The lowest BCUT2D eigenvalue weighted by Crippen LogP contribution is -2.47. The molecule has 1 aromatic heterocycles. The van der Waals surface area contributed by atoms with E-state index in [-0.39, 0.29) is 17.5 Å². The first-order valence-corrected chi connectivity index (χ1v) is 11.8. The Hall–Kier alpha value is -2.43. The lowest BCUT2D eigenvalue weighted by atomic mass is 9.79. The van der Waals surface area contributed by atoms with Crippen molar-refractivity contribution in [1.82, 2.24) is 4.98 Å². The van der Waals surface area contributed by atoms with Gasteiger partial charge in [-0.15, -0.1) is 0 Å². The zero-order valence-corrected chi connectivity index (χ0v) is 19.8. The highest BCUT2D eigenvalue weighted by Gasteiger charge is 2.48. The van der Waals surface area contributed by atoms with E-state index in [1.54, 1.807) is 0 Å². The zero-order chi connectivity index (χ0) is 22.2. The number of aliphatic imine (C=N–C) groups is 2. The normalized spacial score (nSPS) is 21.7. The summed E-state index contributed by atoms with van der Waals surface area (Å²) in [4.78, 5) is 17.5. The summed E-state index contributed by atoms with van der Waals surface area (Å²) in [7, 11) is 0. The Labute approximate surface area is 186 Å². The molecule has 166 valence electrons. The topological polar surface area (TPSA) is 50.1 Å². The van der Waals surface area contributed by atoms with Crippen molar-refractivity contribution in [3.8, 4) is 0 Å². The highest BCUT2D eigenvalue weighted by atomic mass is 16.5. The van der Waals surface area contributed by atoms with E-state index in [1.165, 1.54) is 0 Å². The Bertz CT molecular complexity index is 990. The molecule has 0 unspecified atom stereocenters. The lowest BCUT2D eigenvalue weighted by molar-refractivity contribution is 0.263. The smallest absolute Gasteiger partial charge is 0.197 e. The van der Waals surface area contributed by atoms with Crippen molar-refractivity contribution in [2.75, 3.05) is 18.1 Å². The van der Waals surface area contributed by atoms with E-state index in [9.17, 15) is 0 Å². The van der Waals surface area contributed by atoms with Gasteiger partial charge in [0, 0.05) is 11.9 Å². The van der Waals surface area contributed by atoms with Crippen LogP contribution in [0.4, 0.5) is 5.69 Å². The molecule has 4 rings (SSSR count). The van der Waals surface area contributed by atoms with Crippen LogP contribution in [0, 0.1) is 17.3 Å². The maximum atomic E-state index is 6.26. The summed E-state index contributed by atoms with van der Waals surface area (Å²) in [6.07, 6.45) is 3.81. The van der Waals surface area contributed by atoms with Crippen LogP contribution >= 0.6 is 0 Å². The molecule has 0 saturated carbocycles. The lowest BCUT2D eigenvalue weighted by Gasteiger charge is -2.36. The van der Waals surface area contributed by atoms with Gasteiger partial charge < -0.3 is 9.64 Å². The summed E-state index contributed by atoms with van der Waals surface area (Å²) in [6, 6.07) is 11.0. The predicted molar refractivity (Wildman–Crippen MR) is 130 cm³/mol. The molecule has 2 aliphatic heterocycles. The summed E-state index contributed by atoms with van der Waals surface area (Å²) in [5.41, 5.74) is 1.81. The Kier molecular flexibility index (Phi) is 6.05. The van der Waals surface area contributed by atoms with Gasteiger partial charge in [-0.05, 0) is 36.8 Å². The van der Waals surface area contributed by atoms with Crippen LogP contribution in [0.5, 0.6) is 0 Å². The van der Waals surface area contributed by atoms with Crippen molar-refractivity contribution in [2.45, 2.75) is 66.5 Å². The Morgan fingerprint density at radius 2 is 1.74 bits per heavy atom. The maximum absolute atomic E-state index is 6.26. The zero-order valence-electron chi connectivity index (χ0n) is 19.8. The number of para-hydroxylation sites is 1. The van der Waals surface area contributed by atoms with Crippen molar-refractivity contribution in [1.29, 1.82) is 0 Å².